The Balaban J connectivity index is 1.63. The maximum absolute atomic E-state index is 13.2. The quantitative estimate of drug-likeness (QED) is 0.328. The van der Waals surface area contributed by atoms with Gasteiger partial charge < -0.3 is 16.0 Å². The normalized spacial score (nSPS) is 10.5. The maximum atomic E-state index is 13.2. The Hall–Kier alpha value is -4.40. The van der Waals surface area contributed by atoms with E-state index in [1.807, 2.05) is 0 Å². The van der Waals surface area contributed by atoms with Gasteiger partial charge in [0.15, 0.2) is 5.78 Å². The molecule has 32 heavy (non-hydrogen) atoms. The summed E-state index contributed by atoms with van der Waals surface area (Å²) in [7, 11) is 0. The summed E-state index contributed by atoms with van der Waals surface area (Å²) in [4.78, 5) is 24.5. The van der Waals surface area contributed by atoms with Crippen LogP contribution in [0, 0.1) is 11.6 Å². The third-order valence-corrected chi connectivity index (χ3v) is 4.38. The fourth-order valence-corrected chi connectivity index (χ4v) is 2.79. The number of nitrogens with zero attached hydrogens (tertiary/aromatic N) is 3. The van der Waals surface area contributed by atoms with Gasteiger partial charge in [-0.05, 0) is 79.7 Å². The lowest BCUT2D eigenvalue weighted by Gasteiger charge is -2.12. The summed E-state index contributed by atoms with van der Waals surface area (Å²) < 4.78 is 26.4. The Labute approximate surface area is 182 Å². The average molecular weight is 432 g/mol. The second kappa shape index (κ2) is 9.17. The minimum atomic E-state index is -0.360. The molecule has 0 aliphatic carbocycles. The van der Waals surface area contributed by atoms with Gasteiger partial charge in [0.05, 0.1) is 0 Å². The summed E-state index contributed by atoms with van der Waals surface area (Å²) in [5, 5.41) is 9.07. The van der Waals surface area contributed by atoms with Crippen LogP contribution in [0.4, 0.5) is 43.7 Å². The van der Waals surface area contributed by atoms with Crippen LogP contribution in [0.2, 0.25) is 0 Å². The van der Waals surface area contributed by atoms with E-state index < -0.39 is 0 Å². The number of nitrogens with one attached hydrogen (secondary N) is 3. The molecule has 0 bridgehead atoms. The van der Waals surface area contributed by atoms with Crippen LogP contribution in [0.25, 0.3) is 0 Å². The van der Waals surface area contributed by atoms with Crippen LogP contribution >= 0.6 is 0 Å². The van der Waals surface area contributed by atoms with E-state index in [1.165, 1.54) is 31.2 Å². The number of ketones is 1. The molecule has 4 aromatic rings. The molecular weight excluding hydrogens is 414 g/mol. The van der Waals surface area contributed by atoms with E-state index in [0.29, 0.717) is 22.6 Å². The van der Waals surface area contributed by atoms with Gasteiger partial charge in [0.2, 0.25) is 17.8 Å². The van der Waals surface area contributed by atoms with Crippen molar-refractivity contribution in [1.82, 2.24) is 15.0 Å². The molecule has 3 N–H and O–H groups in total. The van der Waals surface area contributed by atoms with Crippen LogP contribution < -0.4 is 16.0 Å². The summed E-state index contributed by atoms with van der Waals surface area (Å²) >= 11 is 0. The number of carbonyl (C=O) groups is 1. The maximum Gasteiger partial charge on any atom is 0.233 e. The lowest BCUT2D eigenvalue weighted by atomic mass is 10.1. The van der Waals surface area contributed by atoms with Crippen molar-refractivity contribution in [3.05, 3.63) is 90.0 Å². The molecule has 0 unspecified atom stereocenters. The van der Waals surface area contributed by atoms with E-state index in [0.717, 1.165) is 0 Å². The standard InChI is InChI=1S/C23H18F2N6O/c1-14(32)15-2-8-18(9-3-15)26-21-29-22(27-19-10-4-16(24)5-11-19)31-23(30-21)28-20-12-6-17(25)7-13-20/h2-13H,1H3,(H3,26,27,28,29,30,31). The lowest BCUT2D eigenvalue weighted by Crippen LogP contribution is -2.07. The van der Waals surface area contributed by atoms with Crippen molar-refractivity contribution in [1.29, 1.82) is 0 Å². The molecule has 0 atom stereocenters. The highest BCUT2D eigenvalue weighted by Crippen LogP contribution is 2.21. The van der Waals surface area contributed by atoms with Crippen LogP contribution in [-0.2, 0) is 0 Å². The average Bonchev–Trinajstić information content (AvgIpc) is 2.77. The number of aromatic nitrogens is 3. The zero-order chi connectivity index (χ0) is 22.5. The first kappa shape index (κ1) is 20.9. The summed E-state index contributed by atoms with van der Waals surface area (Å²) in [6.45, 7) is 1.50. The molecule has 160 valence electrons. The second-order valence-electron chi connectivity index (χ2n) is 6.83. The van der Waals surface area contributed by atoms with Crippen LogP contribution in [-0.4, -0.2) is 20.7 Å². The van der Waals surface area contributed by atoms with Gasteiger partial charge in [-0.15, -0.1) is 0 Å². The van der Waals surface area contributed by atoms with Crippen molar-refractivity contribution in [3.63, 3.8) is 0 Å². The molecule has 3 aromatic carbocycles. The van der Waals surface area contributed by atoms with E-state index in [1.54, 1.807) is 48.5 Å². The molecule has 7 nitrogen and oxygen atoms in total. The number of anilines is 6. The highest BCUT2D eigenvalue weighted by molar-refractivity contribution is 5.94. The van der Waals surface area contributed by atoms with E-state index in [2.05, 4.69) is 30.9 Å². The first-order valence-corrected chi connectivity index (χ1v) is 9.64. The molecule has 0 saturated heterocycles. The topological polar surface area (TPSA) is 91.8 Å². The van der Waals surface area contributed by atoms with Crippen LogP contribution in [0.15, 0.2) is 72.8 Å². The lowest BCUT2D eigenvalue weighted by molar-refractivity contribution is 0.101. The number of Topliss-reactive ketones (excluding diaryl/α,β-unsaturated/α-hetero) is 1. The van der Waals surface area contributed by atoms with Crippen LogP contribution in [0.1, 0.15) is 17.3 Å². The van der Waals surface area contributed by atoms with Gasteiger partial charge in [-0.2, -0.15) is 15.0 Å². The third-order valence-electron chi connectivity index (χ3n) is 4.38. The fraction of sp³-hybridized carbons (Fsp3) is 0.0435. The second-order valence-corrected chi connectivity index (χ2v) is 6.83. The SMILES string of the molecule is CC(=O)c1ccc(Nc2nc(Nc3ccc(F)cc3)nc(Nc3ccc(F)cc3)n2)cc1. The first-order chi connectivity index (χ1) is 15.4. The first-order valence-electron chi connectivity index (χ1n) is 9.64. The predicted octanol–water partition coefficient (Wildman–Crippen LogP) is 5.58. The molecular formula is C23H18F2N6O. The van der Waals surface area contributed by atoms with Crippen molar-refractivity contribution in [3.8, 4) is 0 Å². The predicted molar refractivity (Wildman–Crippen MR) is 119 cm³/mol. The number of benzene rings is 3. The van der Waals surface area contributed by atoms with Crippen molar-refractivity contribution < 1.29 is 13.6 Å². The number of hydrogen-bond acceptors (Lipinski definition) is 7. The number of hydrogen-bond donors (Lipinski definition) is 3. The number of halogens is 2. The number of rotatable bonds is 7. The Bertz CT molecular complexity index is 1160. The smallest absolute Gasteiger partial charge is 0.233 e. The highest BCUT2D eigenvalue weighted by atomic mass is 19.1. The minimum absolute atomic E-state index is 0.0340. The molecule has 0 spiro atoms. The minimum Gasteiger partial charge on any atom is -0.324 e. The molecule has 1 heterocycles. The summed E-state index contributed by atoms with van der Waals surface area (Å²) in [5.74, 6) is -0.112. The Morgan fingerprint density at radius 1 is 0.594 bits per heavy atom. The van der Waals surface area contributed by atoms with Gasteiger partial charge in [-0.25, -0.2) is 8.78 Å². The Kier molecular flexibility index (Phi) is 5.98. The van der Waals surface area contributed by atoms with Gasteiger partial charge in [0.1, 0.15) is 11.6 Å². The van der Waals surface area contributed by atoms with Crippen molar-refractivity contribution in [2.24, 2.45) is 0 Å². The largest absolute Gasteiger partial charge is 0.324 e. The van der Waals surface area contributed by atoms with E-state index >= 15 is 0 Å². The van der Waals surface area contributed by atoms with Crippen molar-refractivity contribution in [2.45, 2.75) is 6.92 Å². The summed E-state index contributed by atoms with van der Waals surface area (Å²) in [5.41, 5.74) is 2.43. The third kappa shape index (κ3) is 5.39. The molecule has 1 aromatic heterocycles. The molecule has 4 rings (SSSR count). The molecule has 0 saturated carbocycles. The molecule has 0 radical (unpaired) electrons. The Morgan fingerprint density at radius 3 is 1.22 bits per heavy atom. The molecule has 0 aliphatic rings. The van der Waals surface area contributed by atoms with E-state index in [9.17, 15) is 13.6 Å². The highest BCUT2D eigenvalue weighted by Gasteiger charge is 2.09. The zero-order valence-corrected chi connectivity index (χ0v) is 16.9. The van der Waals surface area contributed by atoms with Crippen molar-refractivity contribution in [2.75, 3.05) is 16.0 Å². The van der Waals surface area contributed by atoms with Crippen LogP contribution in [0.5, 0.6) is 0 Å². The monoisotopic (exact) mass is 432 g/mol. The fourth-order valence-electron chi connectivity index (χ4n) is 2.79. The zero-order valence-electron chi connectivity index (χ0n) is 16.9. The summed E-state index contributed by atoms with van der Waals surface area (Å²) in [6, 6.07) is 18.4. The molecule has 0 amide bonds. The summed E-state index contributed by atoms with van der Waals surface area (Å²) in [6.07, 6.45) is 0. The van der Waals surface area contributed by atoms with Crippen LogP contribution in [0.3, 0.4) is 0 Å². The van der Waals surface area contributed by atoms with E-state index in [-0.39, 0.29) is 35.3 Å². The van der Waals surface area contributed by atoms with Gasteiger partial charge in [-0.3, -0.25) is 4.79 Å². The van der Waals surface area contributed by atoms with Gasteiger partial charge in [0.25, 0.3) is 0 Å². The number of carbonyl (C=O) groups excluding carboxylic acids is 1. The van der Waals surface area contributed by atoms with Crippen molar-refractivity contribution >= 4 is 40.7 Å². The molecule has 0 fully saturated rings. The van der Waals surface area contributed by atoms with Gasteiger partial charge in [0, 0.05) is 22.6 Å². The van der Waals surface area contributed by atoms with Gasteiger partial charge >= 0.3 is 0 Å². The van der Waals surface area contributed by atoms with E-state index in [4.69, 9.17) is 0 Å². The molecule has 0 aliphatic heterocycles. The van der Waals surface area contributed by atoms with Gasteiger partial charge in [-0.1, -0.05) is 0 Å². The molecule has 9 heteroatoms. The Morgan fingerprint density at radius 2 is 0.906 bits per heavy atom.